The van der Waals surface area contributed by atoms with Gasteiger partial charge < -0.3 is 14.6 Å². The fourth-order valence-electron chi connectivity index (χ4n) is 2.70. The van der Waals surface area contributed by atoms with E-state index in [9.17, 15) is 13.5 Å². The molecule has 0 aromatic heterocycles. The number of benzene rings is 2. The van der Waals surface area contributed by atoms with Gasteiger partial charge in [0.05, 0.1) is 19.1 Å². The van der Waals surface area contributed by atoms with Crippen molar-refractivity contribution in [2.45, 2.75) is 37.3 Å². The van der Waals surface area contributed by atoms with E-state index in [0.717, 1.165) is 0 Å². The van der Waals surface area contributed by atoms with Crippen molar-refractivity contribution in [1.29, 1.82) is 0 Å². The van der Waals surface area contributed by atoms with Crippen molar-refractivity contribution in [3.05, 3.63) is 53.6 Å². The van der Waals surface area contributed by atoms with Crippen molar-refractivity contribution in [1.82, 2.24) is 4.72 Å². The van der Waals surface area contributed by atoms with Gasteiger partial charge in [-0.25, -0.2) is 13.1 Å². The maximum absolute atomic E-state index is 12.8. The van der Waals surface area contributed by atoms with Crippen molar-refractivity contribution in [3.63, 3.8) is 0 Å². The molecule has 0 fully saturated rings. The number of hydrogen-bond donors (Lipinski definition) is 2. The molecule has 0 amide bonds. The summed E-state index contributed by atoms with van der Waals surface area (Å²) in [4.78, 5) is 0.0206. The molecule has 26 heavy (non-hydrogen) atoms. The van der Waals surface area contributed by atoms with Crippen LogP contribution in [0.4, 0.5) is 0 Å². The normalized spacial score (nSPS) is 13.3. The van der Waals surface area contributed by atoms with E-state index in [4.69, 9.17) is 9.47 Å². The van der Waals surface area contributed by atoms with E-state index < -0.39 is 21.7 Å². The Kier molecular flexibility index (Phi) is 5.95. The largest absolute Gasteiger partial charge is 0.493 e. The number of methoxy groups -OCH3 is 2. The van der Waals surface area contributed by atoms with E-state index in [2.05, 4.69) is 4.72 Å². The minimum Gasteiger partial charge on any atom is -0.493 e. The number of rotatable bonds is 6. The highest BCUT2D eigenvalue weighted by Gasteiger charge is 2.28. The monoisotopic (exact) mass is 379 g/mol. The van der Waals surface area contributed by atoms with Crippen LogP contribution >= 0.6 is 0 Å². The molecule has 0 aliphatic carbocycles. The fraction of sp³-hybridized carbons (Fsp3) is 0.368. The summed E-state index contributed by atoms with van der Waals surface area (Å²) in [7, 11) is -0.849. The molecule has 1 unspecified atom stereocenters. The summed E-state index contributed by atoms with van der Waals surface area (Å²) in [6, 6.07) is 11.5. The molecule has 0 heterocycles. The van der Waals surface area contributed by atoms with Crippen LogP contribution in [-0.2, 0) is 10.0 Å². The molecule has 0 aliphatic rings. The van der Waals surface area contributed by atoms with Gasteiger partial charge in [0, 0.05) is 16.7 Å². The van der Waals surface area contributed by atoms with Crippen LogP contribution in [0.5, 0.6) is 11.5 Å². The number of hydrogen-bond acceptors (Lipinski definition) is 5. The maximum Gasteiger partial charge on any atom is 0.241 e. The summed E-state index contributed by atoms with van der Waals surface area (Å²) >= 11 is 0. The van der Waals surface area contributed by atoms with Gasteiger partial charge in [-0.3, -0.25) is 0 Å². The van der Waals surface area contributed by atoms with Crippen LogP contribution < -0.4 is 14.2 Å². The number of nitrogens with one attached hydrogen (secondary N) is 1. The summed E-state index contributed by atoms with van der Waals surface area (Å²) < 4.78 is 38.8. The average molecular weight is 379 g/mol. The third-order valence-electron chi connectivity index (χ3n) is 3.67. The number of para-hydroxylation sites is 1. The Labute approximate surface area is 154 Å². The van der Waals surface area contributed by atoms with Gasteiger partial charge in [0.25, 0.3) is 0 Å². The topological polar surface area (TPSA) is 84.9 Å². The van der Waals surface area contributed by atoms with E-state index in [1.165, 1.54) is 20.3 Å². The molecule has 1 atom stereocenters. The van der Waals surface area contributed by atoms with Gasteiger partial charge in [0.1, 0.15) is 6.10 Å². The van der Waals surface area contributed by atoms with Crippen molar-refractivity contribution in [2.75, 3.05) is 14.2 Å². The molecule has 0 spiro atoms. The maximum atomic E-state index is 12.8. The molecule has 0 radical (unpaired) electrons. The molecule has 7 heteroatoms. The zero-order valence-corrected chi connectivity index (χ0v) is 16.4. The molecule has 2 aromatic carbocycles. The smallest absolute Gasteiger partial charge is 0.241 e. The summed E-state index contributed by atoms with van der Waals surface area (Å²) in [5, 5.41) is 10.9. The van der Waals surface area contributed by atoms with Gasteiger partial charge in [-0.05, 0) is 32.9 Å². The van der Waals surface area contributed by atoms with E-state index >= 15 is 0 Å². The van der Waals surface area contributed by atoms with Crippen LogP contribution in [0.25, 0.3) is 0 Å². The minimum atomic E-state index is -3.82. The van der Waals surface area contributed by atoms with E-state index in [1.807, 2.05) is 0 Å². The predicted molar refractivity (Wildman–Crippen MR) is 100 cm³/mol. The average Bonchev–Trinajstić information content (AvgIpc) is 2.58. The zero-order valence-electron chi connectivity index (χ0n) is 15.6. The number of aliphatic hydroxyl groups is 1. The molecule has 0 bridgehead atoms. The Bertz CT molecular complexity index is 872. The second-order valence-electron chi connectivity index (χ2n) is 6.88. The lowest BCUT2D eigenvalue weighted by molar-refractivity contribution is 0.210. The molecule has 2 aromatic rings. The molecular weight excluding hydrogens is 354 g/mol. The van der Waals surface area contributed by atoms with Gasteiger partial charge in [-0.15, -0.1) is 0 Å². The predicted octanol–water partition coefficient (Wildman–Crippen LogP) is 2.86. The van der Waals surface area contributed by atoms with Gasteiger partial charge in [-0.1, -0.05) is 30.3 Å². The van der Waals surface area contributed by atoms with E-state index in [1.54, 1.807) is 57.2 Å². The summed E-state index contributed by atoms with van der Waals surface area (Å²) in [6.45, 7) is 5.28. The quantitative estimate of drug-likeness (QED) is 0.806. The molecule has 2 N–H and O–H groups in total. The third kappa shape index (κ3) is 4.35. The van der Waals surface area contributed by atoms with Gasteiger partial charge >= 0.3 is 0 Å². The van der Waals surface area contributed by atoms with Gasteiger partial charge in [0.2, 0.25) is 10.0 Å². The van der Waals surface area contributed by atoms with Crippen LogP contribution in [0.15, 0.2) is 47.4 Å². The number of aliphatic hydroxyl groups excluding tert-OH is 1. The lowest BCUT2D eigenvalue weighted by Crippen LogP contribution is -2.40. The SMILES string of the molecule is COc1cccc(C(O)c2ccccc2S(=O)(=O)NC(C)(C)C)c1OC. The molecule has 2 rings (SSSR count). The first-order valence-corrected chi connectivity index (χ1v) is 9.61. The highest BCUT2D eigenvalue weighted by Crippen LogP contribution is 2.38. The fourth-order valence-corrected chi connectivity index (χ4v) is 4.37. The van der Waals surface area contributed by atoms with E-state index in [0.29, 0.717) is 17.1 Å². The lowest BCUT2D eigenvalue weighted by Gasteiger charge is -2.23. The highest BCUT2D eigenvalue weighted by molar-refractivity contribution is 7.89. The number of ether oxygens (including phenoxy) is 2. The highest BCUT2D eigenvalue weighted by atomic mass is 32.2. The minimum absolute atomic E-state index is 0.0206. The first-order valence-electron chi connectivity index (χ1n) is 8.12. The molecule has 0 saturated carbocycles. The summed E-state index contributed by atoms with van der Waals surface area (Å²) in [5.74, 6) is 0.815. The second kappa shape index (κ2) is 7.65. The van der Waals surface area contributed by atoms with Crippen LogP contribution in [0.2, 0.25) is 0 Å². The first-order chi connectivity index (χ1) is 12.1. The van der Waals surface area contributed by atoms with Crippen LogP contribution in [0.3, 0.4) is 0 Å². The Hall–Kier alpha value is -2.09. The number of sulfonamides is 1. The molecular formula is C19H25NO5S. The third-order valence-corrected chi connectivity index (χ3v) is 5.50. The molecule has 0 saturated heterocycles. The molecule has 142 valence electrons. The Balaban J connectivity index is 2.58. The second-order valence-corrected chi connectivity index (χ2v) is 8.53. The summed E-state index contributed by atoms with van der Waals surface area (Å²) in [5.41, 5.74) is 0.0333. The van der Waals surface area contributed by atoms with Crippen LogP contribution in [0.1, 0.15) is 38.0 Å². The van der Waals surface area contributed by atoms with E-state index in [-0.39, 0.29) is 10.5 Å². The Morgan fingerprint density at radius 1 is 0.962 bits per heavy atom. The van der Waals surface area contributed by atoms with Crippen molar-refractivity contribution >= 4 is 10.0 Å². The molecule has 6 nitrogen and oxygen atoms in total. The van der Waals surface area contributed by atoms with Crippen LogP contribution in [-0.4, -0.2) is 33.3 Å². The van der Waals surface area contributed by atoms with Crippen molar-refractivity contribution in [2.24, 2.45) is 0 Å². The van der Waals surface area contributed by atoms with Crippen molar-refractivity contribution < 1.29 is 23.0 Å². The lowest BCUT2D eigenvalue weighted by atomic mass is 10.00. The summed E-state index contributed by atoms with van der Waals surface area (Å²) in [6.07, 6.45) is -1.20. The first kappa shape index (κ1) is 20.2. The van der Waals surface area contributed by atoms with Crippen LogP contribution in [0, 0.1) is 0 Å². The Morgan fingerprint density at radius 3 is 2.15 bits per heavy atom. The Morgan fingerprint density at radius 2 is 1.58 bits per heavy atom. The van der Waals surface area contributed by atoms with Crippen molar-refractivity contribution in [3.8, 4) is 11.5 Å². The van der Waals surface area contributed by atoms with Gasteiger partial charge in [-0.2, -0.15) is 0 Å². The zero-order chi connectivity index (χ0) is 19.5. The molecule has 0 aliphatic heterocycles. The van der Waals surface area contributed by atoms with Gasteiger partial charge in [0.15, 0.2) is 11.5 Å². The standard InChI is InChI=1S/C19H25NO5S/c1-19(2,3)20-26(22,23)16-12-7-6-9-13(16)17(21)14-10-8-11-15(24-4)18(14)25-5/h6-12,17,20-21H,1-5H3.